The van der Waals surface area contributed by atoms with Crippen LogP contribution >= 0.6 is 0 Å². The van der Waals surface area contributed by atoms with Gasteiger partial charge in [-0.2, -0.15) is 0 Å². The molecule has 0 radical (unpaired) electrons. The average molecular weight is 365 g/mol. The molecule has 0 fully saturated rings. The summed E-state index contributed by atoms with van der Waals surface area (Å²) in [6, 6.07) is 9.41. The van der Waals surface area contributed by atoms with Gasteiger partial charge in [-0.1, -0.05) is 0 Å². The van der Waals surface area contributed by atoms with Crippen molar-refractivity contribution in [3.05, 3.63) is 76.5 Å². The monoisotopic (exact) mass is 365 g/mol. The molecule has 3 aromatic heterocycles. The van der Waals surface area contributed by atoms with E-state index in [9.17, 15) is 14.9 Å². The van der Waals surface area contributed by atoms with Crippen molar-refractivity contribution >= 4 is 28.8 Å². The lowest BCUT2D eigenvalue weighted by Gasteiger charge is -2.09. The number of nitrogens with zero attached hydrogens (tertiary/aromatic N) is 4. The van der Waals surface area contributed by atoms with E-state index in [1.807, 2.05) is 0 Å². The lowest BCUT2D eigenvalue weighted by Crippen LogP contribution is -2.14. The number of nitrogens with one attached hydrogen (secondary N) is 2. The third-order valence-corrected chi connectivity index (χ3v) is 3.56. The minimum Gasteiger partial charge on any atom is -0.382 e. The number of carbonyl (C=O) groups excluding carboxylic acids is 1. The maximum atomic E-state index is 12.2. The molecule has 3 heterocycles. The molecular weight excluding hydrogens is 350 g/mol. The number of nitro groups is 1. The molecule has 3 rings (SSSR count). The summed E-state index contributed by atoms with van der Waals surface area (Å²) in [5.41, 5.74) is 7.54. The highest BCUT2D eigenvalue weighted by atomic mass is 16.6. The lowest BCUT2D eigenvalue weighted by atomic mass is 10.2. The minimum atomic E-state index is -0.578. The first-order chi connectivity index (χ1) is 13.0. The van der Waals surface area contributed by atoms with Crippen LogP contribution in [0.3, 0.4) is 0 Å². The Morgan fingerprint density at radius 3 is 2.70 bits per heavy atom. The van der Waals surface area contributed by atoms with Crippen molar-refractivity contribution in [2.24, 2.45) is 0 Å². The highest BCUT2D eigenvalue weighted by Gasteiger charge is 2.11. The van der Waals surface area contributed by atoms with Crippen LogP contribution in [0.2, 0.25) is 0 Å². The zero-order valence-electron chi connectivity index (χ0n) is 14.0. The Morgan fingerprint density at radius 1 is 1.15 bits per heavy atom. The third-order valence-electron chi connectivity index (χ3n) is 3.56. The number of hydrogen-bond donors (Lipinski definition) is 3. The van der Waals surface area contributed by atoms with Gasteiger partial charge in [0.2, 0.25) is 0 Å². The van der Waals surface area contributed by atoms with Gasteiger partial charge in [-0.3, -0.25) is 19.9 Å². The van der Waals surface area contributed by atoms with Gasteiger partial charge in [0.25, 0.3) is 11.6 Å². The van der Waals surface area contributed by atoms with Gasteiger partial charge in [0.1, 0.15) is 17.7 Å². The van der Waals surface area contributed by atoms with E-state index in [0.717, 1.165) is 6.20 Å². The van der Waals surface area contributed by atoms with Crippen molar-refractivity contribution < 1.29 is 9.72 Å². The van der Waals surface area contributed by atoms with E-state index < -0.39 is 10.8 Å². The van der Waals surface area contributed by atoms with Gasteiger partial charge in [-0.25, -0.2) is 9.97 Å². The smallest absolute Gasteiger partial charge is 0.287 e. The second-order valence-corrected chi connectivity index (χ2v) is 5.44. The van der Waals surface area contributed by atoms with Gasteiger partial charge in [0, 0.05) is 24.1 Å². The molecule has 10 heteroatoms. The molecule has 27 heavy (non-hydrogen) atoms. The Labute approximate surface area is 153 Å². The maximum Gasteiger partial charge on any atom is 0.287 e. The predicted octanol–water partition coefficient (Wildman–Crippen LogP) is 2.23. The Bertz CT molecular complexity index is 976. The van der Waals surface area contributed by atoms with E-state index in [2.05, 4.69) is 25.6 Å². The summed E-state index contributed by atoms with van der Waals surface area (Å²) >= 11 is 0. The Balaban J connectivity index is 1.65. The van der Waals surface area contributed by atoms with Crippen LogP contribution < -0.4 is 16.4 Å². The van der Waals surface area contributed by atoms with Gasteiger partial charge in [-0.05, 0) is 30.3 Å². The molecule has 0 atom stereocenters. The fourth-order valence-electron chi connectivity index (χ4n) is 2.23. The fourth-order valence-corrected chi connectivity index (χ4v) is 2.23. The van der Waals surface area contributed by atoms with Crippen molar-refractivity contribution in [3.8, 4) is 0 Å². The number of rotatable bonds is 6. The Morgan fingerprint density at radius 2 is 2.00 bits per heavy atom. The molecule has 0 aliphatic carbocycles. The van der Waals surface area contributed by atoms with Crippen LogP contribution in [0.15, 0.2) is 55.0 Å². The molecule has 0 saturated carbocycles. The minimum absolute atomic E-state index is 0.0696. The summed E-state index contributed by atoms with van der Waals surface area (Å²) in [5.74, 6) is -0.0993. The van der Waals surface area contributed by atoms with E-state index in [4.69, 9.17) is 5.73 Å². The third kappa shape index (κ3) is 4.51. The molecular formula is C17H15N7O3. The molecule has 10 nitrogen and oxygen atoms in total. The summed E-state index contributed by atoms with van der Waals surface area (Å²) in [6.45, 7) is 0.384. The topological polar surface area (TPSA) is 149 Å². The van der Waals surface area contributed by atoms with Crippen LogP contribution in [0.25, 0.3) is 0 Å². The van der Waals surface area contributed by atoms with E-state index in [1.54, 1.807) is 36.7 Å². The molecule has 3 aromatic rings. The van der Waals surface area contributed by atoms with Gasteiger partial charge in [-0.15, -0.1) is 0 Å². The number of aromatic nitrogens is 3. The number of amides is 1. The van der Waals surface area contributed by atoms with E-state index >= 15 is 0 Å². The number of hydrogen-bond acceptors (Lipinski definition) is 8. The Kier molecular flexibility index (Phi) is 5.17. The number of carbonyl (C=O) groups is 1. The number of nitrogen functional groups attached to an aromatic ring is 1. The Hall–Kier alpha value is -4.08. The summed E-state index contributed by atoms with van der Waals surface area (Å²) in [7, 11) is 0. The van der Waals surface area contributed by atoms with Crippen LogP contribution in [0, 0.1) is 10.1 Å². The van der Waals surface area contributed by atoms with Crippen LogP contribution in [0.5, 0.6) is 0 Å². The average Bonchev–Trinajstić information content (AvgIpc) is 2.68. The van der Waals surface area contributed by atoms with Gasteiger partial charge >= 0.3 is 0 Å². The zero-order valence-corrected chi connectivity index (χ0v) is 14.0. The van der Waals surface area contributed by atoms with Gasteiger partial charge in [0.15, 0.2) is 0 Å². The second kappa shape index (κ2) is 7.87. The van der Waals surface area contributed by atoms with Crippen molar-refractivity contribution in [2.75, 3.05) is 16.4 Å². The summed E-state index contributed by atoms with van der Waals surface area (Å²) in [5, 5.41) is 16.4. The molecule has 0 unspecified atom stereocenters. The van der Waals surface area contributed by atoms with E-state index in [0.29, 0.717) is 29.4 Å². The second-order valence-electron chi connectivity index (χ2n) is 5.44. The van der Waals surface area contributed by atoms with Gasteiger partial charge in [0.05, 0.1) is 22.8 Å². The molecule has 136 valence electrons. The molecule has 0 aliphatic rings. The maximum absolute atomic E-state index is 12.2. The number of anilines is 3. The van der Waals surface area contributed by atoms with Crippen LogP contribution in [0.4, 0.5) is 22.9 Å². The van der Waals surface area contributed by atoms with Gasteiger partial charge < -0.3 is 16.4 Å². The zero-order chi connectivity index (χ0) is 19.2. The lowest BCUT2D eigenvalue weighted by molar-refractivity contribution is -0.385. The normalized spacial score (nSPS) is 10.2. The highest BCUT2D eigenvalue weighted by Crippen LogP contribution is 2.16. The molecule has 0 spiro atoms. The van der Waals surface area contributed by atoms with Crippen LogP contribution in [-0.4, -0.2) is 25.8 Å². The summed E-state index contributed by atoms with van der Waals surface area (Å²) in [4.78, 5) is 34.3. The quantitative estimate of drug-likeness (QED) is 0.444. The van der Waals surface area contributed by atoms with Crippen molar-refractivity contribution in [3.63, 3.8) is 0 Å². The number of nitrogens with two attached hydrogens (primary N) is 1. The molecule has 0 saturated heterocycles. The summed E-state index contributed by atoms with van der Waals surface area (Å²) < 4.78 is 0. The molecule has 4 N–H and O–H groups in total. The summed E-state index contributed by atoms with van der Waals surface area (Å²) in [6.07, 6.45) is 4.19. The predicted molar refractivity (Wildman–Crippen MR) is 99.1 cm³/mol. The molecule has 1 amide bonds. The SMILES string of the molecule is Nc1ncccc1NCc1cc(NC(=O)c2ccc([N+](=O)[O-])cn2)ccn1. The number of pyridine rings is 3. The molecule has 0 bridgehead atoms. The van der Waals surface area contributed by atoms with Crippen molar-refractivity contribution in [2.45, 2.75) is 6.54 Å². The first-order valence-corrected chi connectivity index (χ1v) is 7.84. The van der Waals surface area contributed by atoms with Crippen LogP contribution in [-0.2, 0) is 6.54 Å². The first-order valence-electron chi connectivity index (χ1n) is 7.84. The molecule has 0 aromatic carbocycles. The largest absolute Gasteiger partial charge is 0.382 e. The van der Waals surface area contributed by atoms with E-state index in [-0.39, 0.29) is 11.4 Å². The fraction of sp³-hybridized carbons (Fsp3) is 0.0588. The van der Waals surface area contributed by atoms with E-state index in [1.165, 1.54) is 12.1 Å². The standard InChI is InChI=1S/C17H15N7O3/c18-16-14(2-1-6-20-16)21-9-12-8-11(5-7-19-12)23-17(25)15-4-3-13(10-22-15)24(26)27/h1-8,10,21H,9H2,(H2,18,20)(H,19,23,25). The first kappa shape index (κ1) is 17.7. The van der Waals surface area contributed by atoms with Crippen LogP contribution in [0.1, 0.15) is 16.2 Å². The highest BCUT2D eigenvalue weighted by molar-refractivity contribution is 6.02. The van der Waals surface area contributed by atoms with Crippen molar-refractivity contribution in [1.82, 2.24) is 15.0 Å². The van der Waals surface area contributed by atoms with Crippen molar-refractivity contribution in [1.29, 1.82) is 0 Å². The molecule has 0 aliphatic heterocycles.